The molecule has 0 saturated heterocycles. The van der Waals surface area contributed by atoms with Crippen LogP contribution in [-0.4, -0.2) is 11.8 Å². The van der Waals surface area contributed by atoms with Crippen LogP contribution in [0, 0.1) is 10.7 Å². The van der Waals surface area contributed by atoms with Gasteiger partial charge < -0.3 is 5.73 Å². The summed E-state index contributed by atoms with van der Waals surface area (Å²) in [5.41, 5.74) is 5.28. The molecule has 0 fully saturated rings. The van der Waals surface area contributed by atoms with E-state index in [0.29, 0.717) is 5.25 Å². The molecule has 0 aliphatic rings. The van der Waals surface area contributed by atoms with Gasteiger partial charge in [0.25, 0.3) is 0 Å². The number of rotatable bonds is 4. The van der Waals surface area contributed by atoms with E-state index in [1.54, 1.807) is 0 Å². The third-order valence-corrected chi connectivity index (χ3v) is 1.81. The Hall–Kier alpha value is -0.200. The molecule has 0 aliphatic heterocycles. The van der Waals surface area contributed by atoms with Crippen molar-refractivity contribution in [2.75, 3.05) is 6.54 Å². The van der Waals surface area contributed by atoms with Gasteiger partial charge in [-0.3, -0.25) is 0 Å². The van der Waals surface area contributed by atoms with Crippen LogP contribution in [0.4, 0.5) is 0 Å². The summed E-state index contributed by atoms with van der Waals surface area (Å²) < 4.78 is 0. The zero-order valence-electron chi connectivity index (χ0n) is 5.63. The van der Waals surface area contributed by atoms with Gasteiger partial charge in [-0.15, -0.1) is 0 Å². The Morgan fingerprint density at radius 3 is 2.89 bits per heavy atom. The highest BCUT2D eigenvalue weighted by Gasteiger charge is 1.98. The molecular weight excluding hydrogens is 132 g/mol. The molecule has 3 heteroatoms. The maximum Gasteiger partial charge on any atom is 0.133 e. The molecule has 2 N–H and O–H groups in total. The van der Waals surface area contributed by atoms with Gasteiger partial charge in [0.05, 0.1) is 0 Å². The van der Waals surface area contributed by atoms with Crippen LogP contribution in [0.15, 0.2) is 0 Å². The van der Waals surface area contributed by atoms with Crippen molar-refractivity contribution in [1.82, 2.24) is 0 Å². The third-order valence-electron chi connectivity index (χ3n) is 1.07. The van der Waals surface area contributed by atoms with Crippen molar-refractivity contribution in [2.45, 2.75) is 25.0 Å². The highest BCUT2D eigenvalue weighted by Crippen LogP contribution is 2.12. The molecule has 0 rings (SSSR count). The summed E-state index contributed by atoms with van der Waals surface area (Å²) in [7, 11) is 0. The number of thiocyanates is 1. The topological polar surface area (TPSA) is 49.8 Å². The normalized spacial score (nSPS) is 12.6. The van der Waals surface area contributed by atoms with Crippen molar-refractivity contribution in [3.05, 3.63) is 0 Å². The van der Waals surface area contributed by atoms with Gasteiger partial charge in [0.2, 0.25) is 0 Å². The highest BCUT2D eigenvalue weighted by molar-refractivity contribution is 8.04. The first-order valence-corrected chi connectivity index (χ1v) is 3.94. The average molecular weight is 144 g/mol. The maximum atomic E-state index is 8.22. The summed E-state index contributed by atoms with van der Waals surface area (Å²) in [6, 6.07) is 0. The summed E-state index contributed by atoms with van der Waals surface area (Å²) >= 11 is 1.32. The number of hydrogen-bond donors (Lipinski definition) is 1. The predicted molar refractivity (Wildman–Crippen MR) is 41.0 cm³/mol. The lowest BCUT2D eigenvalue weighted by Gasteiger charge is -2.02. The number of nitriles is 1. The first-order chi connectivity index (χ1) is 4.31. The number of thioether (sulfide) groups is 1. The Morgan fingerprint density at radius 2 is 2.44 bits per heavy atom. The minimum atomic E-state index is 0.443. The fourth-order valence-electron chi connectivity index (χ4n) is 0.554. The minimum Gasteiger partial charge on any atom is -0.330 e. The van der Waals surface area contributed by atoms with E-state index in [0.717, 1.165) is 19.4 Å². The highest BCUT2D eigenvalue weighted by atomic mass is 32.2. The van der Waals surface area contributed by atoms with Crippen LogP contribution in [0.25, 0.3) is 0 Å². The maximum absolute atomic E-state index is 8.22. The van der Waals surface area contributed by atoms with E-state index in [-0.39, 0.29) is 0 Å². The zero-order chi connectivity index (χ0) is 7.11. The van der Waals surface area contributed by atoms with Crippen LogP contribution in [0.2, 0.25) is 0 Å². The molecule has 0 aliphatic carbocycles. The van der Waals surface area contributed by atoms with Crippen LogP contribution in [-0.2, 0) is 0 Å². The Morgan fingerprint density at radius 1 is 1.78 bits per heavy atom. The van der Waals surface area contributed by atoms with Gasteiger partial charge in [-0.25, -0.2) is 0 Å². The van der Waals surface area contributed by atoms with E-state index in [9.17, 15) is 0 Å². The molecule has 0 bridgehead atoms. The molecule has 0 aromatic rings. The van der Waals surface area contributed by atoms with Gasteiger partial charge in [-0.1, -0.05) is 6.92 Å². The van der Waals surface area contributed by atoms with Gasteiger partial charge in [0.15, 0.2) is 0 Å². The summed E-state index contributed by atoms with van der Waals surface area (Å²) in [6.07, 6.45) is 2.07. The summed E-state index contributed by atoms with van der Waals surface area (Å²) in [6.45, 7) is 2.78. The van der Waals surface area contributed by atoms with Crippen LogP contribution >= 0.6 is 11.8 Å². The summed E-state index contributed by atoms with van der Waals surface area (Å²) in [5.74, 6) is 0. The molecule has 1 unspecified atom stereocenters. The van der Waals surface area contributed by atoms with E-state index >= 15 is 0 Å². The Balaban J connectivity index is 3.08. The Labute approximate surface area is 60.4 Å². The van der Waals surface area contributed by atoms with Crippen LogP contribution in [0.3, 0.4) is 0 Å². The van der Waals surface area contributed by atoms with Crippen molar-refractivity contribution >= 4 is 11.8 Å². The van der Waals surface area contributed by atoms with E-state index in [2.05, 4.69) is 5.40 Å². The van der Waals surface area contributed by atoms with E-state index in [1.165, 1.54) is 11.8 Å². The molecule has 0 aromatic carbocycles. The Kier molecular flexibility index (Phi) is 5.80. The number of nitrogens with two attached hydrogens (primary N) is 1. The summed E-state index contributed by atoms with van der Waals surface area (Å²) in [4.78, 5) is 0. The van der Waals surface area contributed by atoms with Gasteiger partial charge in [0.1, 0.15) is 5.40 Å². The minimum absolute atomic E-state index is 0.443. The second-order valence-electron chi connectivity index (χ2n) is 1.95. The molecule has 9 heavy (non-hydrogen) atoms. The molecular formula is C6H12N2S. The van der Waals surface area contributed by atoms with E-state index in [4.69, 9.17) is 11.0 Å². The van der Waals surface area contributed by atoms with Crippen molar-refractivity contribution in [3.8, 4) is 5.40 Å². The molecule has 0 spiro atoms. The molecule has 0 saturated carbocycles. The van der Waals surface area contributed by atoms with Gasteiger partial charge in [-0.05, 0) is 31.1 Å². The first kappa shape index (κ1) is 8.80. The second-order valence-corrected chi connectivity index (χ2v) is 3.17. The molecule has 0 heterocycles. The lowest BCUT2D eigenvalue weighted by Crippen LogP contribution is -2.02. The smallest absolute Gasteiger partial charge is 0.133 e. The van der Waals surface area contributed by atoms with Gasteiger partial charge >= 0.3 is 0 Å². The lowest BCUT2D eigenvalue weighted by molar-refractivity contribution is 0.741. The fraction of sp³-hybridized carbons (Fsp3) is 0.833. The fourth-order valence-corrected chi connectivity index (χ4v) is 1.02. The molecule has 52 valence electrons. The standard InChI is InChI=1S/C6H12N2S/c1-6(9-5-8)3-2-4-7/h6H,2-4,7H2,1H3. The molecule has 0 aromatic heterocycles. The van der Waals surface area contributed by atoms with Crippen LogP contribution in [0.1, 0.15) is 19.8 Å². The number of hydrogen-bond acceptors (Lipinski definition) is 3. The molecule has 0 radical (unpaired) electrons. The van der Waals surface area contributed by atoms with Crippen molar-refractivity contribution in [1.29, 1.82) is 5.26 Å². The van der Waals surface area contributed by atoms with E-state index < -0.39 is 0 Å². The van der Waals surface area contributed by atoms with Crippen molar-refractivity contribution < 1.29 is 0 Å². The molecule has 0 amide bonds. The average Bonchev–Trinajstić information content (AvgIpc) is 1.85. The van der Waals surface area contributed by atoms with Crippen molar-refractivity contribution in [2.24, 2.45) is 5.73 Å². The quantitative estimate of drug-likeness (QED) is 0.605. The molecule has 2 nitrogen and oxygen atoms in total. The Bertz CT molecular complexity index is 97.7. The predicted octanol–water partition coefficient (Wildman–Crippen LogP) is 1.33. The SMILES string of the molecule is CC(CCCN)SC#N. The van der Waals surface area contributed by atoms with Crippen molar-refractivity contribution in [3.63, 3.8) is 0 Å². The lowest BCUT2D eigenvalue weighted by atomic mass is 10.2. The van der Waals surface area contributed by atoms with Crippen LogP contribution < -0.4 is 5.73 Å². The first-order valence-electron chi connectivity index (χ1n) is 3.06. The molecule has 1 atom stereocenters. The second kappa shape index (κ2) is 5.93. The van der Waals surface area contributed by atoms with E-state index in [1.807, 2.05) is 6.92 Å². The van der Waals surface area contributed by atoms with Crippen LogP contribution in [0.5, 0.6) is 0 Å². The van der Waals surface area contributed by atoms with Gasteiger partial charge in [0, 0.05) is 5.25 Å². The zero-order valence-corrected chi connectivity index (χ0v) is 6.45. The third kappa shape index (κ3) is 5.67. The van der Waals surface area contributed by atoms with Gasteiger partial charge in [-0.2, -0.15) is 5.26 Å². The number of nitrogens with zero attached hydrogens (tertiary/aromatic N) is 1. The summed E-state index contributed by atoms with van der Waals surface area (Å²) in [5, 5.41) is 10.7. The monoisotopic (exact) mass is 144 g/mol. The largest absolute Gasteiger partial charge is 0.330 e.